The molecule has 1 aromatic heterocycles. The van der Waals surface area contributed by atoms with Crippen LogP contribution in [-0.2, 0) is 0 Å². The van der Waals surface area contributed by atoms with Gasteiger partial charge in [0.2, 0.25) is 0 Å². The third kappa shape index (κ3) is 5.89. The van der Waals surface area contributed by atoms with Crippen LogP contribution >= 0.6 is 11.6 Å². The van der Waals surface area contributed by atoms with E-state index in [0.717, 1.165) is 37.3 Å². The molecule has 1 atom stereocenters. The van der Waals surface area contributed by atoms with Gasteiger partial charge in [0.1, 0.15) is 17.7 Å². The lowest BCUT2D eigenvalue weighted by atomic mass is 10.0. The molecular weight excluding hydrogens is 474 g/mol. The molecule has 1 aliphatic rings. The Balaban J connectivity index is 1.49. The van der Waals surface area contributed by atoms with E-state index in [1.165, 1.54) is 12.8 Å². The Kier molecular flexibility index (Phi) is 7.83. The molecule has 184 valence electrons. The van der Waals surface area contributed by atoms with Crippen molar-refractivity contribution in [3.63, 3.8) is 0 Å². The Morgan fingerprint density at radius 3 is 2.69 bits per heavy atom. The highest BCUT2D eigenvalue weighted by Gasteiger charge is 2.21. The molecule has 0 aliphatic carbocycles. The SMILES string of the molecule is CC(Oc1cc(-c2cccc(C(=O)NCCN3CCCC3)c2)cnc1N)c1c(F)ccc(F)c1Cl. The molecular formula is C26H27ClF2N4O2. The highest BCUT2D eigenvalue weighted by molar-refractivity contribution is 6.31. The van der Waals surface area contributed by atoms with Crippen molar-refractivity contribution in [3.05, 3.63) is 76.4 Å². The molecule has 1 aliphatic heterocycles. The number of hydrogen-bond donors (Lipinski definition) is 2. The zero-order valence-corrected chi connectivity index (χ0v) is 20.1. The number of nitrogens with zero attached hydrogens (tertiary/aromatic N) is 2. The number of halogens is 3. The fourth-order valence-corrected chi connectivity index (χ4v) is 4.45. The smallest absolute Gasteiger partial charge is 0.251 e. The Morgan fingerprint density at radius 2 is 1.91 bits per heavy atom. The summed E-state index contributed by atoms with van der Waals surface area (Å²) in [7, 11) is 0. The normalized spacial score (nSPS) is 14.6. The van der Waals surface area contributed by atoms with Crippen molar-refractivity contribution in [2.24, 2.45) is 0 Å². The predicted molar refractivity (Wildman–Crippen MR) is 133 cm³/mol. The molecule has 0 radical (unpaired) electrons. The first-order chi connectivity index (χ1) is 16.8. The van der Waals surface area contributed by atoms with Crippen molar-refractivity contribution >= 4 is 23.3 Å². The van der Waals surface area contributed by atoms with Gasteiger partial charge in [-0.3, -0.25) is 4.79 Å². The van der Waals surface area contributed by atoms with Gasteiger partial charge in [0.15, 0.2) is 11.6 Å². The first kappa shape index (κ1) is 24.9. The van der Waals surface area contributed by atoms with E-state index >= 15 is 0 Å². The molecule has 0 bridgehead atoms. The maximum Gasteiger partial charge on any atom is 0.251 e. The number of nitrogens with two attached hydrogens (primary N) is 1. The molecule has 1 unspecified atom stereocenters. The van der Waals surface area contributed by atoms with Gasteiger partial charge in [-0.05, 0) is 68.8 Å². The first-order valence-corrected chi connectivity index (χ1v) is 11.9. The van der Waals surface area contributed by atoms with Gasteiger partial charge < -0.3 is 20.7 Å². The molecule has 2 heterocycles. The van der Waals surface area contributed by atoms with E-state index in [9.17, 15) is 13.6 Å². The van der Waals surface area contributed by atoms with E-state index in [1.807, 2.05) is 6.07 Å². The zero-order valence-electron chi connectivity index (χ0n) is 19.4. The molecule has 2 aromatic carbocycles. The lowest BCUT2D eigenvalue weighted by Gasteiger charge is -2.19. The van der Waals surface area contributed by atoms with Crippen LogP contribution in [0.5, 0.6) is 5.75 Å². The summed E-state index contributed by atoms with van der Waals surface area (Å²) in [5.74, 6) is -1.31. The maximum absolute atomic E-state index is 14.3. The number of carbonyl (C=O) groups is 1. The quantitative estimate of drug-likeness (QED) is 0.414. The van der Waals surface area contributed by atoms with Gasteiger partial charge in [-0.1, -0.05) is 23.7 Å². The summed E-state index contributed by atoms with van der Waals surface area (Å²) in [5, 5.41) is 2.62. The topological polar surface area (TPSA) is 80.5 Å². The summed E-state index contributed by atoms with van der Waals surface area (Å²) < 4.78 is 34.0. The summed E-state index contributed by atoms with van der Waals surface area (Å²) >= 11 is 5.96. The number of hydrogen-bond acceptors (Lipinski definition) is 5. The molecule has 1 saturated heterocycles. The molecule has 0 spiro atoms. The molecule has 35 heavy (non-hydrogen) atoms. The summed E-state index contributed by atoms with van der Waals surface area (Å²) in [6.07, 6.45) is 3.05. The number of amides is 1. The summed E-state index contributed by atoms with van der Waals surface area (Å²) in [6, 6.07) is 10.7. The lowest BCUT2D eigenvalue weighted by Crippen LogP contribution is -2.33. The number of rotatable bonds is 8. The van der Waals surface area contributed by atoms with Crippen LogP contribution < -0.4 is 15.8 Å². The van der Waals surface area contributed by atoms with Crippen molar-refractivity contribution in [3.8, 4) is 16.9 Å². The summed E-state index contributed by atoms with van der Waals surface area (Å²) in [6.45, 7) is 5.12. The summed E-state index contributed by atoms with van der Waals surface area (Å²) in [5.41, 5.74) is 7.78. The minimum Gasteiger partial charge on any atom is -0.482 e. The average Bonchev–Trinajstić information content (AvgIpc) is 3.37. The number of carbonyl (C=O) groups excluding carboxylic acids is 1. The molecule has 3 N–H and O–H groups in total. The van der Waals surface area contributed by atoms with Crippen LogP contribution in [0.25, 0.3) is 11.1 Å². The Bertz CT molecular complexity index is 1220. The monoisotopic (exact) mass is 500 g/mol. The van der Waals surface area contributed by atoms with Gasteiger partial charge in [0, 0.05) is 36.0 Å². The number of likely N-dealkylation sites (tertiary alicyclic amines) is 1. The van der Waals surface area contributed by atoms with Crippen LogP contribution in [-0.4, -0.2) is 42.0 Å². The number of pyridine rings is 1. The highest BCUT2D eigenvalue weighted by Crippen LogP contribution is 2.34. The van der Waals surface area contributed by atoms with E-state index < -0.39 is 17.7 Å². The van der Waals surface area contributed by atoms with E-state index in [1.54, 1.807) is 37.4 Å². The zero-order chi connectivity index (χ0) is 24.9. The molecule has 1 fully saturated rings. The maximum atomic E-state index is 14.3. The third-order valence-corrected chi connectivity index (χ3v) is 6.43. The summed E-state index contributed by atoms with van der Waals surface area (Å²) in [4.78, 5) is 19.2. The Hall–Kier alpha value is -3.23. The molecule has 6 nitrogen and oxygen atoms in total. The second-order valence-corrected chi connectivity index (χ2v) is 8.89. The largest absolute Gasteiger partial charge is 0.482 e. The predicted octanol–water partition coefficient (Wildman–Crippen LogP) is 5.23. The molecule has 9 heteroatoms. The number of anilines is 1. The van der Waals surface area contributed by atoms with E-state index in [4.69, 9.17) is 22.1 Å². The van der Waals surface area contributed by atoms with E-state index in [2.05, 4.69) is 15.2 Å². The van der Waals surface area contributed by atoms with Crippen LogP contribution in [0.1, 0.15) is 41.8 Å². The van der Waals surface area contributed by atoms with Crippen molar-refractivity contribution in [1.29, 1.82) is 0 Å². The number of nitrogen functional groups attached to an aromatic ring is 1. The second kappa shape index (κ2) is 11.0. The number of aromatic nitrogens is 1. The first-order valence-electron chi connectivity index (χ1n) is 11.5. The van der Waals surface area contributed by atoms with Gasteiger partial charge in [-0.25, -0.2) is 13.8 Å². The number of ether oxygens (including phenoxy) is 1. The number of benzene rings is 2. The van der Waals surface area contributed by atoms with E-state index in [-0.39, 0.29) is 28.1 Å². The Morgan fingerprint density at radius 1 is 1.17 bits per heavy atom. The lowest BCUT2D eigenvalue weighted by molar-refractivity contribution is 0.0950. The average molecular weight is 501 g/mol. The number of nitrogens with one attached hydrogen (secondary N) is 1. The standard InChI is InChI=1S/C26H27ClF2N4O2/c1-16(23-20(28)7-8-21(29)24(23)27)35-22-14-19(15-32-25(22)30)17-5-4-6-18(13-17)26(34)31-9-12-33-10-2-3-11-33/h4-8,13-16H,2-3,9-12H2,1H3,(H2,30,32)(H,31,34). The minimum atomic E-state index is -0.926. The molecule has 4 rings (SSSR count). The van der Waals surface area contributed by atoms with Gasteiger partial charge in [0.25, 0.3) is 5.91 Å². The van der Waals surface area contributed by atoms with Crippen molar-refractivity contribution in [2.75, 3.05) is 31.9 Å². The van der Waals surface area contributed by atoms with Crippen LogP contribution in [0.15, 0.2) is 48.7 Å². The van der Waals surface area contributed by atoms with Gasteiger partial charge >= 0.3 is 0 Å². The molecule has 3 aromatic rings. The van der Waals surface area contributed by atoms with Crippen molar-refractivity contribution in [2.45, 2.75) is 25.9 Å². The minimum absolute atomic E-state index is 0.0874. The van der Waals surface area contributed by atoms with Gasteiger partial charge in [-0.2, -0.15) is 0 Å². The van der Waals surface area contributed by atoms with Gasteiger partial charge in [0.05, 0.1) is 5.02 Å². The Labute approximate surface area is 208 Å². The fourth-order valence-electron chi connectivity index (χ4n) is 4.15. The molecule has 1 amide bonds. The van der Waals surface area contributed by atoms with Crippen LogP contribution in [0, 0.1) is 11.6 Å². The highest BCUT2D eigenvalue weighted by atomic mass is 35.5. The van der Waals surface area contributed by atoms with Gasteiger partial charge in [-0.15, -0.1) is 0 Å². The van der Waals surface area contributed by atoms with Crippen LogP contribution in [0.2, 0.25) is 5.02 Å². The van der Waals surface area contributed by atoms with Crippen molar-refractivity contribution in [1.82, 2.24) is 15.2 Å². The second-order valence-electron chi connectivity index (χ2n) is 8.51. The molecule has 0 saturated carbocycles. The third-order valence-electron chi connectivity index (χ3n) is 6.04. The van der Waals surface area contributed by atoms with Crippen LogP contribution in [0.3, 0.4) is 0 Å². The van der Waals surface area contributed by atoms with E-state index in [0.29, 0.717) is 17.7 Å². The fraction of sp³-hybridized carbons (Fsp3) is 0.308. The van der Waals surface area contributed by atoms with Crippen LogP contribution in [0.4, 0.5) is 14.6 Å². The van der Waals surface area contributed by atoms with Crippen molar-refractivity contribution < 1.29 is 18.3 Å².